The molecule has 82 heavy (non-hydrogen) atoms. The minimum Gasteiger partial charge on any atom is -0.472 e. The van der Waals surface area contributed by atoms with Crippen molar-refractivity contribution in [2.45, 2.75) is 59.4 Å². The van der Waals surface area contributed by atoms with E-state index in [1.54, 1.807) is 31.2 Å². The van der Waals surface area contributed by atoms with Gasteiger partial charge in [0.2, 0.25) is 17.7 Å². The highest BCUT2D eigenvalue weighted by Crippen LogP contribution is 2.55. The summed E-state index contributed by atoms with van der Waals surface area (Å²) in [4.78, 5) is 45.2. The zero-order valence-electron chi connectivity index (χ0n) is 45.2. The van der Waals surface area contributed by atoms with Crippen molar-refractivity contribution in [3.8, 4) is 11.8 Å². The Bertz CT molecular complexity index is 3090. The van der Waals surface area contributed by atoms with Crippen molar-refractivity contribution in [3.05, 3.63) is 143 Å². The number of nitrogens with zero attached hydrogens (tertiary/aromatic N) is 9. The van der Waals surface area contributed by atoms with Crippen LogP contribution in [0.25, 0.3) is 0 Å². The zero-order valence-corrected chi connectivity index (χ0v) is 45.2. The van der Waals surface area contributed by atoms with Crippen molar-refractivity contribution in [2.24, 2.45) is 47.3 Å². The first-order valence-corrected chi connectivity index (χ1v) is 27.1. The van der Waals surface area contributed by atoms with Crippen molar-refractivity contribution >= 4 is 40.9 Å². The number of nitrogens with one attached hydrogen (secondary N) is 3. The highest BCUT2D eigenvalue weighted by Gasteiger charge is 2.59. The van der Waals surface area contributed by atoms with Gasteiger partial charge < -0.3 is 44.9 Å². The normalized spacial score (nSPS) is 22.8. The second-order valence-corrected chi connectivity index (χ2v) is 21.5. The van der Waals surface area contributed by atoms with Gasteiger partial charge in [0.05, 0.1) is 0 Å². The van der Waals surface area contributed by atoms with E-state index < -0.39 is 35.7 Å². The van der Waals surface area contributed by atoms with Gasteiger partial charge in [-0.25, -0.2) is 0 Å². The van der Waals surface area contributed by atoms with E-state index >= 15 is 0 Å². The van der Waals surface area contributed by atoms with Gasteiger partial charge in [0.25, 0.3) is 0 Å². The molecule has 8 heterocycles. The van der Waals surface area contributed by atoms with Crippen LogP contribution in [0.5, 0.6) is 11.8 Å². The maximum atomic E-state index is 12.6. The fraction of sp³-hybridized carbons (Fsp3) is 0.431. The lowest BCUT2D eigenvalue weighted by atomic mass is 9.60. The van der Waals surface area contributed by atoms with Gasteiger partial charge in [-0.1, -0.05) is 36.4 Å². The molecule has 0 radical (unpaired) electrons. The van der Waals surface area contributed by atoms with Gasteiger partial charge in [0, 0.05) is 120 Å². The van der Waals surface area contributed by atoms with Crippen molar-refractivity contribution in [3.63, 3.8) is 0 Å². The van der Waals surface area contributed by atoms with E-state index in [0.717, 1.165) is 85.5 Å². The van der Waals surface area contributed by atoms with Crippen LogP contribution in [0.4, 0.5) is 49.4 Å². The molecular weight excluding hydrogens is 1070 g/mol. The number of alkyl halides is 6. The number of carbonyl (C=O) groups excluding carboxylic acids is 3. The third kappa shape index (κ3) is 13.8. The number of anilines is 4. The molecular formula is C58H62F6N12O6. The van der Waals surface area contributed by atoms with Crippen molar-refractivity contribution in [1.82, 2.24) is 40.6 Å². The van der Waals surface area contributed by atoms with E-state index in [0.29, 0.717) is 59.5 Å². The number of hydrogen-bond acceptors (Lipinski definition) is 17. The SMILES string of the molecule is CC(=O)N1C[C@@H]2[C@H](C1)[C@H]1CN(c3ccc(CNc4ccc(OCc5ccc(C(F)(F)F)nc5)nn4)cc3)C[C@@H]21.CC(=O)OC(C)=O.FC(F)(F)c1ccc(COc2ccc(NCc3ccc(N4C[C@@H]5[C@H]6CNC[C@H]6[C@@H]5C4)cc3)nn2)cn1. The molecule has 432 valence electrons. The molecule has 0 bridgehead atoms. The van der Waals surface area contributed by atoms with Crippen molar-refractivity contribution < 1.29 is 54.9 Å². The molecule has 4 aromatic heterocycles. The number of halogens is 6. The van der Waals surface area contributed by atoms with Crippen LogP contribution in [0.3, 0.4) is 0 Å². The van der Waals surface area contributed by atoms with Crippen LogP contribution in [-0.2, 0) is 57.8 Å². The van der Waals surface area contributed by atoms with Crippen LogP contribution in [0, 0.1) is 47.3 Å². The summed E-state index contributed by atoms with van der Waals surface area (Å²) in [6.07, 6.45) is -6.64. The monoisotopic (exact) mass is 1140 g/mol. The number of rotatable bonds is 14. The standard InChI is InChI=1S/C28H29F3N6O2.C26H27F3N6O.C4H6O3/c1-17(38)36-12-21-22(13-36)24-15-37(14-23(21)24)20-5-2-18(3-6-20)10-33-26-8-9-27(35-34-26)39-16-19-4-7-25(32-11-19)28(29,30)31;27-26(28,29)23-6-3-17(10-31-23)15-36-25-8-7-24(33-34-25)32-9-16-1-4-18(5-2-16)35-13-21-19-11-30-12-20(19)22(21)14-35;1-3(5)7-4(2)6/h2-9,11,21-24H,10,12-16H2,1H3,(H,33,34);1-8,10,19-22,30H,9,11-15H2,(H,32,33);1-2H3/t21-,22+,23+,24-;19-,20+,21+,22-;. The summed E-state index contributed by atoms with van der Waals surface area (Å²) in [6, 6.07) is 28.6. The van der Waals surface area contributed by atoms with Crippen molar-refractivity contribution in [2.75, 3.05) is 72.8 Å². The van der Waals surface area contributed by atoms with Crippen LogP contribution >= 0.6 is 0 Å². The van der Waals surface area contributed by atoms with E-state index in [2.05, 4.69) is 109 Å². The van der Waals surface area contributed by atoms with Gasteiger partial charge in [0.1, 0.15) is 36.2 Å². The third-order valence-corrected chi connectivity index (χ3v) is 16.3. The molecule has 4 aliphatic heterocycles. The first-order valence-electron chi connectivity index (χ1n) is 27.1. The third-order valence-electron chi connectivity index (χ3n) is 16.3. The Morgan fingerprint density at radius 3 is 1.20 bits per heavy atom. The largest absolute Gasteiger partial charge is 0.472 e. The molecule has 24 heteroatoms. The minimum atomic E-state index is -4.47. The summed E-state index contributed by atoms with van der Waals surface area (Å²) in [5.41, 5.74) is 3.94. The van der Waals surface area contributed by atoms with Gasteiger partial charge in [-0.3, -0.25) is 24.4 Å². The Morgan fingerprint density at radius 1 is 0.500 bits per heavy atom. The molecule has 6 aromatic rings. The van der Waals surface area contributed by atoms with Gasteiger partial charge in [-0.2, -0.15) is 26.3 Å². The quantitative estimate of drug-likeness (QED) is 0.0533. The number of aromatic nitrogens is 6. The fourth-order valence-corrected chi connectivity index (χ4v) is 12.2. The second kappa shape index (κ2) is 24.5. The Balaban J connectivity index is 0.000000165. The molecule has 2 aromatic carbocycles. The summed E-state index contributed by atoms with van der Waals surface area (Å²) in [5, 5.41) is 26.3. The van der Waals surface area contributed by atoms with E-state index in [-0.39, 0.29) is 30.9 Å². The Morgan fingerprint density at radius 2 is 0.878 bits per heavy atom. The number of ether oxygens (including phenoxy) is 3. The number of esters is 2. The van der Waals surface area contributed by atoms with E-state index in [4.69, 9.17) is 9.47 Å². The maximum absolute atomic E-state index is 12.6. The number of carbonyl (C=O) groups is 3. The van der Waals surface area contributed by atoms with E-state index in [1.165, 1.54) is 63.5 Å². The molecule has 6 aliphatic rings. The average Bonchev–Trinajstić information content (AvgIpc) is 2.27. The molecule has 3 N–H and O–H groups in total. The Labute approximate surface area is 469 Å². The van der Waals surface area contributed by atoms with Crippen LogP contribution in [0.2, 0.25) is 0 Å². The van der Waals surface area contributed by atoms with Gasteiger partial charge >= 0.3 is 24.3 Å². The molecule has 8 atom stereocenters. The molecule has 0 unspecified atom stereocenters. The highest BCUT2D eigenvalue weighted by atomic mass is 19.4. The Hall–Kier alpha value is -8.15. The number of fused-ring (bicyclic) bond motifs is 8. The number of pyridine rings is 2. The number of hydrogen-bond donors (Lipinski definition) is 3. The van der Waals surface area contributed by atoms with E-state index in [1.807, 2.05) is 4.90 Å². The molecule has 12 rings (SSSR count). The first-order chi connectivity index (χ1) is 39.3. The molecule has 2 saturated carbocycles. The van der Waals surface area contributed by atoms with Gasteiger partial charge in [-0.15, -0.1) is 20.4 Å². The van der Waals surface area contributed by atoms with Crippen LogP contribution in [0.1, 0.15) is 54.4 Å². The highest BCUT2D eigenvalue weighted by molar-refractivity contribution is 5.82. The van der Waals surface area contributed by atoms with Gasteiger partial charge in [-0.05, 0) is 120 Å². The fourth-order valence-electron chi connectivity index (χ4n) is 12.2. The lowest BCUT2D eigenvalue weighted by Gasteiger charge is -2.43. The summed E-state index contributed by atoms with van der Waals surface area (Å²) < 4.78 is 90.7. The molecule has 4 saturated heterocycles. The van der Waals surface area contributed by atoms with Crippen LogP contribution in [0.15, 0.2) is 109 Å². The maximum Gasteiger partial charge on any atom is 0.433 e. The average molecular weight is 1140 g/mol. The number of amides is 1. The summed E-state index contributed by atoms with van der Waals surface area (Å²) in [5.74, 6) is 6.98. The smallest absolute Gasteiger partial charge is 0.433 e. The van der Waals surface area contributed by atoms with Crippen LogP contribution in [-0.4, -0.2) is 105 Å². The summed E-state index contributed by atoms with van der Waals surface area (Å²) >= 11 is 0. The minimum absolute atomic E-state index is 0.0373. The first kappa shape index (κ1) is 57.1. The van der Waals surface area contributed by atoms with Gasteiger partial charge in [0.15, 0.2) is 0 Å². The predicted octanol–water partition coefficient (Wildman–Crippen LogP) is 8.32. The summed E-state index contributed by atoms with van der Waals surface area (Å²) in [6.45, 7) is 14.0. The van der Waals surface area contributed by atoms with Crippen LogP contribution < -0.4 is 35.2 Å². The Kier molecular flexibility index (Phi) is 17.1. The lowest BCUT2D eigenvalue weighted by molar-refractivity contribution is -0.156. The number of benzene rings is 2. The molecule has 18 nitrogen and oxygen atoms in total. The van der Waals surface area contributed by atoms with E-state index in [9.17, 15) is 40.7 Å². The predicted molar refractivity (Wildman–Crippen MR) is 289 cm³/mol. The lowest BCUT2D eigenvalue weighted by Crippen LogP contribution is -2.44. The molecule has 2 aliphatic carbocycles. The molecule has 0 spiro atoms. The zero-order chi connectivity index (χ0) is 57.7. The second-order valence-electron chi connectivity index (χ2n) is 21.5. The molecule has 1 amide bonds. The molecule has 6 fully saturated rings. The summed E-state index contributed by atoms with van der Waals surface area (Å²) in [7, 11) is 0. The van der Waals surface area contributed by atoms with Crippen molar-refractivity contribution in [1.29, 1.82) is 0 Å². The number of likely N-dealkylation sites (tertiary alicyclic amines) is 1. The topological polar surface area (TPSA) is 202 Å².